The van der Waals surface area contributed by atoms with Crippen LogP contribution in [0.2, 0.25) is 0 Å². The second kappa shape index (κ2) is 14.4. The molecule has 0 radical (unpaired) electrons. The fourth-order valence-corrected chi connectivity index (χ4v) is 8.04. The lowest BCUT2D eigenvalue weighted by molar-refractivity contribution is 1.18. The molecule has 0 bridgehead atoms. The Morgan fingerprint density at radius 1 is 0.250 bits per heavy atom. The van der Waals surface area contributed by atoms with Crippen LogP contribution in [0.1, 0.15) is 0 Å². The molecule has 264 valence electrons. The van der Waals surface area contributed by atoms with Gasteiger partial charge in [0.15, 0.2) is 0 Å². The summed E-state index contributed by atoms with van der Waals surface area (Å²) in [5, 5.41) is 2.54. The molecule has 0 saturated carbocycles. The molecular formula is C54H38N2. The second-order valence-electron chi connectivity index (χ2n) is 14.2. The fraction of sp³-hybridized carbons (Fsp3) is 0. The van der Waals surface area contributed by atoms with Crippen LogP contribution in [-0.2, 0) is 0 Å². The van der Waals surface area contributed by atoms with Crippen LogP contribution in [0.3, 0.4) is 0 Å². The summed E-state index contributed by atoms with van der Waals surface area (Å²) in [6, 6.07) is 83.0. The van der Waals surface area contributed by atoms with Crippen molar-refractivity contribution in [3.8, 4) is 50.2 Å². The van der Waals surface area contributed by atoms with Crippen LogP contribution in [-0.4, -0.2) is 4.57 Å². The summed E-state index contributed by atoms with van der Waals surface area (Å²) in [6.07, 6.45) is 0. The second-order valence-corrected chi connectivity index (χ2v) is 14.2. The summed E-state index contributed by atoms with van der Waals surface area (Å²) in [5.41, 5.74) is 16.4. The Hall–Kier alpha value is -7.42. The first kappa shape index (κ1) is 33.2. The highest BCUT2D eigenvalue weighted by atomic mass is 15.1. The van der Waals surface area contributed by atoms with Gasteiger partial charge in [-0.3, -0.25) is 0 Å². The van der Waals surface area contributed by atoms with Gasteiger partial charge in [0.25, 0.3) is 0 Å². The third-order valence-corrected chi connectivity index (χ3v) is 10.8. The molecular weight excluding hydrogens is 677 g/mol. The Morgan fingerprint density at radius 2 is 0.625 bits per heavy atom. The summed E-state index contributed by atoms with van der Waals surface area (Å²) >= 11 is 0. The van der Waals surface area contributed by atoms with Crippen molar-refractivity contribution in [3.63, 3.8) is 0 Å². The van der Waals surface area contributed by atoms with Crippen LogP contribution in [0.4, 0.5) is 17.1 Å². The molecule has 0 aliphatic carbocycles. The number of fused-ring (bicyclic) bond motifs is 3. The summed E-state index contributed by atoms with van der Waals surface area (Å²) in [7, 11) is 0. The number of benzene rings is 9. The lowest BCUT2D eigenvalue weighted by Crippen LogP contribution is -2.10. The van der Waals surface area contributed by atoms with E-state index < -0.39 is 0 Å². The molecule has 2 heteroatoms. The van der Waals surface area contributed by atoms with Crippen LogP contribution >= 0.6 is 0 Å². The van der Waals surface area contributed by atoms with E-state index in [0.29, 0.717) is 0 Å². The van der Waals surface area contributed by atoms with Crippen molar-refractivity contribution in [2.45, 2.75) is 0 Å². The predicted molar refractivity (Wildman–Crippen MR) is 237 cm³/mol. The van der Waals surface area contributed by atoms with E-state index in [-0.39, 0.29) is 0 Å². The molecule has 0 unspecified atom stereocenters. The number of nitrogens with zero attached hydrogens (tertiary/aromatic N) is 2. The Bertz CT molecular complexity index is 2890. The third kappa shape index (κ3) is 6.24. The molecule has 1 heterocycles. The van der Waals surface area contributed by atoms with Gasteiger partial charge in [-0.2, -0.15) is 0 Å². The lowest BCUT2D eigenvalue weighted by Gasteiger charge is -2.27. The molecule has 0 N–H and O–H groups in total. The number of rotatable bonds is 8. The standard InChI is InChI=1S/C54H38N2/c1-3-14-39(15-4-1)41-28-32-47(33-29-41)55(49-22-12-20-45(37-49)40-16-5-2-6-17-40)50-23-13-21-46(38-50)44-19-11-18-43(36-44)42-30-34-48(35-31-42)56-53-26-9-7-24-51(53)52-25-8-10-27-54(52)56/h1-38H. The van der Waals surface area contributed by atoms with Gasteiger partial charge in [-0.1, -0.05) is 164 Å². The minimum Gasteiger partial charge on any atom is -0.310 e. The largest absolute Gasteiger partial charge is 0.310 e. The fourth-order valence-electron chi connectivity index (χ4n) is 8.04. The molecule has 0 aliphatic rings. The van der Waals surface area contributed by atoms with E-state index in [0.717, 1.165) is 28.3 Å². The van der Waals surface area contributed by atoms with Crippen molar-refractivity contribution in [3.05, 3.63) is 231 Å². The SMILES string of the molecule is c1ccc(-c2ccc(N(c3cccc(-c4ccccc4)c3)c3cccc(-c4cccc(-c5ccc(-n6c7ccccc7c7ccccc76)cc5)c4)c3)cc2)cc1. The van der Waals surface area contributed by atoms with Gasteiger partial charge >= 0.3 is 0 Å². The third-order valence-electron chi connectivity index (χ3n) is 10.8. The van der Waals surface area contributed by atoms with Gasteiger partial charge in [0.2, 0.25) is 0 Å². The van der Waals surface area contributed by atoms with Crippen LogP contribution in [0.5, 0.6) is 0 Å². The monoisotopic (exact) mass is 714 g/mol. The van der Waals surface area contributed by atoms with Gasteiger partial charge in [0.05, 0.1) is 11.0 Å². The van der Waals surface area contributed by atoms with Gasteiger partial charge in [0, 0.05) is 33.5 Å². The normalized spacial score (nSPS) is 11.2. The number of anilines is 3. The van der Waals surface area contributed by atoms with Gasteiger partial charge in [0.1, 0.15) is 0 Å². The summed E-state index contributed by atoms with van der Waals surface area (Å²) in [5.74, 6) is 0. The minimum atomic E-state index is 1.10. The molecule has 10 rings (SSSR count). The maximum absolute atomic E-state index is 2.37. The number of para-hydroxylation sites is 2. The van der Waals surface area contributed by atoms with Gasteiger partial charge in [-0.25, -0.2) is 0 Å². The van der Waals surface area contributed by atoms with E-state index >= 15 is 0 Å². The van der Waals surface area contributed by atoms with Gasteiger partial charge in [-0.15, -0.1) is 0 Å². The number of hydrogen-bond donors (Lipinski definition) is 0. The Labute approximate surface area is 327 Å². The first-order chi connectivity index (χ1) is 27.8. The van der Waals surface area contributed by atoms with E-state index in [1.165, 1.54) is 60.8 Å². The molecule has 0 spiro atoms. The van der Waals surface area contributed by atoms with Crippen molar-refractivity contribution < 1.29 is 0 Å². The lowest BCUT2D eigenvalue weighted by atomic mass is 9.98. The maximum Gasteiger partial charge on any atom is 0.0541 e. The zero-order valence-electron chi connectivity index (χ0n) is 30.8. The topological polar surface area (TPSA) is 8.17 Å². The Morgan fingerprint density at radius 3 is 1.20 bits per heavy atom. The van der Waals surface area contributed by atoms with E-state index in [4.69, 9.17) is 0 Å². The summed E-state index contributed by atoms with van der Waals surface area (Å²) in [4.78, 5) is 2.36. The van der Waals surface area contributed by atoms with E-state index in [9.17, 15) is 0 Å². The molecule has 9 aromatic carbocycles. The van der Waals surface area contributed by atoms with E-state index in [1.54, 1.807) is 0 Å². The smallest absolute Gasteiger partial charge is 0.0541 e. The zero-order valence-corrected chi connectivity index (χ0v) is 30.8. The number of aromatic nitrogens is 1. The highest BCUT2D eigenvalue weighted by molar-refractivity contribution is 6.09. The molecule has 0 fully saturated rings. The van der Waals surface area contributed by atoms with Crippen LogP contribution in [0.25, 0.3) is 72.0 Å². The number of hydrogen-bond acceptors (Lipinski definition) is 1. The highest BCUT2D eigenvalue weighted by Crippen LogP contribution is 2.40. The van der Waals surface area contributed by atoms with Crippen molar-refractivity contribution >= 4 is 38.9 Å². The first-order valence-corrected chi connectivity index (χ1v) is 19.2. The van der Waals surface area contributed by atoms with Crippen molar-refractivity contribution in [2.75, 3.05) is 4.90 Å². The zero-order chi connectivity index (χ0) is 37.3. The van der Waals surface area contributed by atoms with Crippen LogP contribution in [0, 0.1) is 0 Å². The Balaban J connectivity index is 1.01. The molecule has 2 nitrogen and oxygen atoms in total. The molecule has 56 heavy (non-hydrogen) atoms. The highest BCUT2D eigenvalue weighted by Gasteiger charge is 2.16. The van der Waals surface area contributed by atoms with Crippen molar-refractivity contribution in [2.24, 2.45) is 0 Å². The van der Waals surface area contributed by atoms with Crippen molar-refractivity contribution in [1.82, 2.24) is 4.57 Å². The average molecular weight is 715 g/mol. The van der Waals surface area contributed by atoms with Crippen molar-refractivity contribution in [1.29, 1.82) is 0 Å². The molecule has 0 saturated heterocycles. The molecule has 0 aliphatic heterocycles. The maximum atomic E-state index is 2.37. The Kier molecular flexibility index (Phi) is 8.55. The summed E-state index contributed by atoms with van der Waals surface area (Å²) in [6.45, 7) is 0. The average Bonchev–Trinajstić information content (AvgIpc) is 3.62. The minimum absolute atomic E-state index is 1.10. The molecule has 0 amide bonds. The first-order valence-electron chi connectivity index (χ1n) is 19.2. The predicted octanol–water partition coefficient (Wildman–Crippen LogP) is 14.9. The van der Waals surface area contributed by atoms with Crippen LogP contribution < -0.4 is 4.90 Å². The molecule has 1 aromatic heterocycles. The van der Waals surface area contributed by atoms with E-state index in [2.05, 4.69) is 240 Å². The molecule has 0 atom stereocenters. The summed E-state index contributed by atoms with van der Waals surface area (Å²) < 4.78 is 2.37. The van der Waals surface area contributed by atoms with Gasteiger partial charge < -0.3 is 9.47 Å². The quantitative estimate of drug-likeness (QED) is 0.152. The van der Waals surface area contributed by atoms with E-state index in [1.807, 2.05) is 0 Å². The van der Waals surface area contributed by atoms with Gasteiger partial charge in [-0.05, 0) is 111 Å². The molecule has 10 aromatic rings. The van der Waals surface area contributed by atoms with Crippen LogP contribution in [0.15, 0.2) is 231 Å².